The predicted molar refractivity (Wildman–Crippen MR) is 102 cm³/mol. The predicted octanol–water partition coefficient (Wildman–Crippen LogP) is 4.52. The van der Waals surface area contributed by atoms with Crippen LogP contribution in [-0.2, 0) is 9.47 Å². The number of allylic oxidation sites excluding steroid dienone is 1. The Labute approximate surface area is 169 Å². The molecule has 1 aromatic carbocycles. The zero-order valence-corrected chi connectivity index (χ0v) is 17.2. The fourth-order valence-electron chi connectivity index (χ4n) is 2.11. The Balaban J connectivity index is 2.09. The molecule has 1 aromatic rings. The summed E-state index contributed by atoms with van der Waals surface area (Å²) >= 11 is 3.27. The molecule has 10 heteroatoms. The third kappa shape index (κ3) is 6.74. The molecule has 2 rings (SSSR count). The summed E-state index contributed by atoms with van der Waals surface area (Å²) in [6, 6.07) is 6.61. The first-order valence-electron chi connectivity index (χ1n) is 8.37. The maximum Gasteiger partial charge on any atom is 0.430 e. The number of ether oxygens (including phenoxy) is 2. The third-order valence-electron chi connectivity index (χ3n) is 3.46. The SMILES string of the molecule is CC(C)(C)OC(=O)N1CC(OC(C=C(N)C(F)(F)F)=Nc2ccc(Br)cc2)C1. The molecular weight excluding hydrogens is 443 g/mol. The number of hydrogen-bond donors (Lipinski definition) is 1. The number of hydrogen-bond acceptors (Lipinski definition) is 5. The molecule has 0 saturated carbocycles. The first-order valence-corrected chi connectivity index (χ1v) is 9.16. The van der Waals surface area contributed by atoms with E-state index >= 15 is 0 Å². The molecule has 0 aromatic heterocycles. The molecule has 0 bridgehead atoms. The molecule has 0 aliphatic carbocycles. The largest absolute Gasteiger partial charge is 0.470 e. The molecule has 2 N–H and O–H groups in total. The lowest BCUT2D eigenvalue weighted by Gasteiger charge is -2.39. The van der Waals surface area contributed by atoms with Crippen LogP contribution in [0.5, 0.6) is 0 Å². The van der Waals surface area contributed by atoms with Crippen molar-refractivity contribution < 1.29 is 27.4 Å². The molecule has 0 radical (unpaired) electrons. The quantitative estimate of drug-likeness (QED) is 0.527. The van der Waals surface area contributed by atoms with Gasteiger partial charge in [0.15, 0.2) is 0 Å². The molecule has 1 aliphatic rings. The number of aliphatic imine (C=N–C) groups is 1. The molecule has 28 heavy (non-hydrogen) atoms. The number of carbonyl (C=O) groups excluding carboxylic acids is 1. The molecule has 0 atom stereocenters. The highest BCUT2D eigenvalue weighted by atomic mass is 79.9. The van der Waals surface area contributed by atoms with Crippen LogP contribution in [0.4, 0.5) is 23.7 Å². The summed E-state index contributed by atoms with van der Waals surface area (Å²) in [6.45, 7) is 5.58. The molecule has 1 saturated heterocycles. The Morgan fingerprint density at radius 1 is 1.25 bits per heavy atom. The highest BCUT2D eigenvalue weighted by Gasteiger charge is 2.36. The van der Waals surface area contributed by atoms with Crippen molar-refractivity contribution in [3.63, 3.8) is 0 Å². The summed E-state index contributed by atoms with van der Waals surface area (Å²) in [4.78, 5) is 17.4. The molecule has 154 valence electrons. The molecule has 1 aliphatic heterocycles. The van der Waals surface area contributed by atoms with E-state index in [4.69, 9.17) is 15.2 Å². The van der Waals surface area contributed by atoms with Crippen molar-refractivity contribution in [2.75, 3.05) is 13.1 Å². The van der Waals surface area contributed by atoms with Gasteiger partial charge in [0.05, 0.1) is 18.8 Å². The van der Waals surface area contributed by atoms with Crippen LogP contribution in [0.2, 0.25) is 0 Å². The number of amides is 1. The Morgan fingerprint density at radius 2 is 1.82 bits per heavy atom. The third-order valence-corrected chi connectivity index (χ3v) is 3.99. The van der Waals surface area contributed by atoms with Crippen molar-refractivity contribution in [2.24, 2.45) is 10.7 Å². The van der Waals surface area contributed by atoms with Crippen LogP contribution in [0.1, 0.15) is 20.8 Å². The van der Waals surface area contributed by atoms with E-state index in [1.165, 1.54) is 4.90 Å². The number of halogens is 4. The first-order chi connectivity index (χ1) is 12.8. The van der Waals surface area contributed by atoms with Crippen molar-refractivity contribution in [3.8, 4) is 0 Å². The molecule has 1 fully saturated rings. The van der Waals surface area contributed by atoms with Gasteiger partial charge in [-0.1, -0.05) is 15.9 Å². The van der Waals surface area contributed by atoms with E-state index in [0.717, 1.165) is 4.47 Å². The summed E-state index contributed by atoms with van der Waals surface area (Å²) in [5.41, 5.74) is 3.52. The van der Waals surface area contributed by atoms with E-state index < -0.39 is 29.7 Å². The highest BCUT2D eigenvalue weighted by Crippen LogP contribution is 2.24. The minimum absolute atomic E-state index is 0.175. The molecule has 6 nitrogen and oxygen atoms in total. The number of carbonyl (C=O) groups is 1. The van der Waals surface area contributed by atoms with Crippen LogP contribution in [0.25, 0.3) is 0 Å². The zero-order valence-electron chi connectivity index (χ0n) is 15.6. The fraction of sp³-hybridized carbons (Fsp3) is 0.444. The maximum absolute atomic E-state index is 12.8. The summed E-state index contributed by atoms with van der Waals surface area (Å²) in [5.74, 6) is -0.286. The number of nitrogens with zero attached hydrogens (tertiary/aromatic N) is 2. The molecule has 1 heterocycles. The van der Waals surface area contributed by atoms with Crippen molar-refractivity contribution in [1.29, 1.82) is 0 Å². The van der Waals surface area contributed by atoms with E-state index in [-0.39, 0.29) is 19.0 Å². The van der Waals surface area contributed by atoms with Crippen LogP contribution >= 0.6 is 15.9 Å². The van der Waals surface area contributed by atoms with Gasteiger partial charge in [0.25, 0.3) is 0 Å². The van der Waals surface area contributed by atoms with Gasteiger partial charge in [-0.2, -0.15) is 13.2 Å². The monoisotopic (exact) mass is 463 g/mol. The van der Waals surface area contributed by atoms with E-state index in [1.54, 1.807) is 45.0 Å². The standard InChI is InChI=1S/C18H21BrF3N3O3/c1-17(2,3)28-16(26)25-9-13(10-25)27-15(8-14(23)18(20,21)22)24-12-6-4-11(19)5-7-12/h4-8,13H,9-10,23H2,1-3H3. The van der Waals surface area contributed by atoms with Gasteiger partial charge < -0.3 is 20.1 Å². The van der Waals surface area contributed by atoms with Crippen molar-refractivity contribution in [2.45, 2.75) is 38.7 Å². The topological polar surface area (TPSA) is 77.1 Å². The number of likely N-dealkylation sites (tertiary alicyclic amines) is 1. The number of benzene rings is 1. The highest BCUT2D eigenvalue weighted by molar-refractivity contribution is 9.10. The van der Waals surface area contributed by atoms with Crippen LogP contribution in [0.15, 0.2) is 45.5 Å². The summed E-state index contributed by atoms with van der Waals surface area (Å²) < 4.78 is 49.9. The lowest BCUT2D eigenvalue weighted by atomic mass is 10.1. The summed E-state index contributed by atoms with van der Waals surface area (Å²) in [7, 11) is 0. The van der Waals surface area contributed by atoms with E-state index in [1.807, 2.05) is 0 Å². The summed E-state index contributed by atoms with van der Waals surface area (Å²) in [6.07, 6.45) is -5.09. The number of alkyl halides is 3. The van der Waals surface area contributed by atoms with Gasteiger partial charge in [-0.3, -0.25) is 0 Å². The van der Waals surface area contributed by atoms with E-state index in [0.29, 0.717) is 11.8 Å². The Bertz CT molecular complexity index is 765. The van der Waals surface area contributed by atoms with Gasteiger partial charge in [-0.15, -0.1) is 0 Å². The van der Waals surface area contributed by atoms with Gasteiger partial charge >= 0.3 is 12.3 Å². The van der Waals surface area contributed by atoms with Crippen molar-refractivity contribution >= 4 is 33.6 Å². The summed E-state index contributed by atoms with van der Waals surface area (Å²) in [5, 5.41) is 0. The van der Waals surface area contributed by atoms with Crippen molar-refractivity contribution in [1.82, 2.24) is 4.90 Å². The molecule has 0 spiro atoms. The molecular formula is C18H21BrF3N3O3. The smallest absolute Gasteiger partial charge is 0.430 e. The van der Waals surface area contributed by atoms with Crippen LogP contribution in [0.3, 0.4) is 0 Å². The number of nitrogens with two attached hydrogens (primary N) is 1. The van der Waals surface area contributed by atoms with Gasteiger partial charge in [0.1, 0.15) is 17.4 Å². The fourth-order valence-corrected chi connectivity index (χ4v) is 2.37. The second-order valence-corrected chi connectivity index (χ2v) is 8.06. The Morgan fingerprint density at radius 3 is 2.32 bits per heavy atom. The minimum atomic E-state index is -4.70. The van der Waals surface area contributed by atoms with Crippen LogP contribution in [0, 0.1) is 0 Å². The lowest BCUT2D eigenvalue weighted by Crippen LogP contribution is -2.56. The lowest BCUT2D eigenvalue weighted by molar-refractivity contribution is -0.0927. The Kier molecular flexibility index (Phi) is 6.63. The van der Waals surface area contributed by atoms with E-state index in [9.17, 15) is 18.0 Å². The minimum Gasteiger partial charge on any atom is -0.470 e. The average Bonchev–Trinajstić information content (AvgIpc) is 2.49. The zero-order chi connectivity index (χ0) is 21.1. The van der Waals surface area contributed by atoms with Crippen molar-refractivity contribution in [3.05, 3.63) is 40.5 Å². The Hall–Kier alpha value is -2.23. The van der Waals surface area contributed by atoms with Gasteiger partial charge in [0.2, 0.25) is 5.90 Å². The van der Waals surface area contributed by atoms with Gasteiger partial charge in [-0.05, 0) is 45.0 Å². The molecule has 1 amide bonds. The second-order valence-electron chi connectivity index (χ2n) is 7.15. The second kappa shape index (κ2) is 8.42. The van der Waals surface area contributed by atoms with Crippen LogP contribution in [-0.4, -0.2) is 47.9 Å². The average molecular weight is 464 g/mol. The van der Waals surface area contributed by atoms with Gasteiger partial charge in [0, 0.05) is 10.5 Å². The normalized spacial score (nSPS) is 16.6. The number of rotatable bonds is 3. The van der Waals surface area contributed by atoms with Crippen LogP contribution < -0.4 is 5.73 Å². The maximum atomic E-state index is 12.8. The van der Waals surface area contributed by atoms with E-state index in [2.05, 4.69) is 20.9 Å². The molecule has 0 unspecified atom stereocenters. The van der Waals surface area contributed by atoms with Gasteiger partial charge in [-0.25, -0.2) is 9.79 Å². The first kappa shape index (κ1) is 22.1.